The highest BCUT2D eigenvalue weighted by Crippen LogP contribution is 2.25. The third-order valence-electron chi connectivity index (χ3n) is 2.38. The number of aliphatic hydroxyl groups excluding tert-OH is 1. The Bertz CT molecular complexity index is 490. The van der Waals surface area contributed by atoms with Gasteiger partial charge >= 0.3 is 0 Å². The van der Waals surface area contributed by atoms with Crippen molar-refractivity contribution in [3.8, 4) is 0 Å². The molecule has 1 atom stereocenters. The number of benzene rings is 1. The fraction of sp³-hybridized carbons (Fsp3) is 0.182. The molecule has 0 aliphatic heterocycles. The number of rotatable bonds is 2. The molecule has 16 heavy (non-hydrogen) atoms. The van der Waals surface area contributed by atoms with Crippen molar-refractivity contribution < 1.29 is 13.9 Å². The average molecular weight is 224 g/mol. The van der Waals surface area contributed by atoms with E-state index < -0.39 is 17.7 Å². The van der Waals surface area contributed by atoms with Crippen molar-refractivity contribution in [1.82, 2.24) is 9.55 Å². The van der Waals surface area contributed by atoms with Crippen LogP contribution in [-0.4, -0.2) is 14.7 Å². The van der Waals surface area contributed by atoms with E-state index in [1.54, 1.807) is 13.2 Å². The van der Waals surface area contributed by atoms with Crippen LogP contribution >= 0.6 is 0 Å². The fourth-order valence-electron chi connectivity index (χ4n) is 1.54. The summed E-state index contributed by atoms with van der Waals surface area (Å²) in [4.78, 5) is 3.85. The van der Waals surface area contributed by atoms with Gasteiger partial charge in [-0.15, -0.1) is 0 Å². The Labute approximate surface area is 91.0 Å². The molecule has 2 aromatic rings. The Balaban J connectivity index is 2.49. The normalized spacial score (nSPS) is 12.8. The number of nitrogens with zero attached hydrogens (tertiary/aromatic N) is 2. The number of hydrogen-bond acceptors (Lipinski definition) is 2. The van der Waals surface area contributed by atoms with E-state index in [0.717, 1.165) is 12.1 Å². The van der Waals surface area contributed by atoms with Gasteiger partial charge in [0.15, 0.2) is 0 Å². The van der Waals surface area contributed by atoms with E-state index in [9.17, 15) is 13.9 Å². The Morgan fingerprint density at radius 2 is 1.94 bits per heavy atom. The molecule has 0 radical (unpaired) electrons. The molecule has 84 valence electrons. The van der Waals surface area contributed by atoms with Crippen molar-refractivity contribution in [3.63, 3.8) is 0 Å². The molecule has 0 saturated carbocycles. The number of aryl methyl sites for hydroxylation is 1. The predicted octanol–water partition coefficient (Wildman–Crippen LogP) is 1.78. The van der Waals surface area contributed by atoms with Crippen LogP contribution in [0.1, 0.15) is 17.5 Å². The Morgan fingerprint density at radius 3 is 2.44 bits per heavy atom. The van der Waals surface area contributed by atoms with Gasteiger partial charge in [-0.25, -0.2) is 13.8 Å². The van der Waals surface area contributed by atoms with Gasteiger partial charge in [0.05, 0.1) is 5.56 Å². The van der Waals surface area contributed by atoms with Crippen LogP contribution in [0, 0.1) is 11.6 Å². The molecule has 1 unspecified atom stereocenters. The Kier molecular flexibility index (Phi) is 2.70. The maximum Gasteiger partial charge on any atom is 0.142 e. The lowest BCUT2D eigenvalue weighted by atomic mass is 10.1. The lowest BCUT2D eigenvalue weighted by Gasteiger charge is -2.12. The zero-order chi connectivity index (χ0) is 11.7. The Morgan fingerprint density at radius 1 is 1.31 bits per heavy atom. The highest BCUT2D eigenvalue weighted by Gasteiger charge is 2.22. The minimum atomic E-state index is -1.40. The van der Waals surface area contributed by atoms with Crippen molar-refractivity contribution in [1.29, 1.82) is 0 Å². The van der Waals surface area contributed by atoms with Gasteiger partial charge in [0.1, 0.15) is 23.6 Å². The van der Waals surface area contributed by atoms with Crippen molar-refractivity contribution in [2.45, 2.75) is 6.10 Å². The lowest BCUT2D eigenvalue weighted by Crippen LogP contribution is -2.10. The summed E-state index contributed by atoms with van der Waals surface area (Å²) >= 11 is 0. The molecular weight excluding hydrogens is 214 g/mol. The molecule has 1 aromatic heterocycles. The molecule has 0 bridgehead atoms. The van der Waals surface area contributed by atoms with Crippen molar-refractivity contribution in [2.75, 3.05) is 0 Å². The van der Waals surface area contributed by atoms with Crippen LogP contribution < -0.4 is 0 Å². The molecule has 0 fully saturated rings. The van der Waals surface area contributed by atoms with Crippen LogP contribution in [0.3, 0.4) is 0 Å². The van der Waals surface area contributed by atoms with Crippen molar-refractivity contribution in [2.24, 2.45) is 7.05 Å². The van der Waals surface area contributed by atoms with E-state index in [2.05, 4.69) is 4.98 Å². The molecule has 2 rings (SSSR count). The van der Waals surface area contributed by atoms with E-state index in [-0.39, 0.29) is 11.4 Å². The summed E-state index contributed by atoms with van der Waals surface area (Å²) in [5.74, 6) is -1.37. The van der Waals surface area contributed by atoms with Crippen LogP contribution in [-0.2, 0) is 7.05 Å². The van der Waals surface area contributed by atoms with Gasteiger partial charge in [-0.1, -0.05) is 6.07 Å². The number of hydrogen-bond donors (Lipinski definition) is 1. The minimum Gasteiger partial charge on any atom is -0.380 e. The third-order valence-corrected chi connectivity index (χ3v) is 2.38. The summed E-state index contributed by atoms with van der Waals surface area (Å²) in [7, 11) is 1.64. The quantitative estimate of drug-likeness (QED) is 0.844. The van der Waals surface area contributed by atoms with Gasteiger partial charge < -0.3 is 9.67 Å². The van der Waals surface area contributed by atoms with Crippen molar-refractivity contribution in [3.05, 3.63) is 53.6 Å². The van der Waals surface area contributed by atoms with Crippen molar-refractivity contribution >= 4 is 0 Å². The van der Waals surface area contributed by atoms with Gasteiger partial charge in [-0.3, -0.25) is 0 Å². The van der Waals surface area contributed by atoms with Gasteiger partial charge in [0, 0.05) is 19.4 Å². The molecule has 0 saturated heterocycles. The summed E-state index contributed by atoms with van der Waals surface area (Å²) < 4.78 is 28.3. The second kappa shape index (κ2) is 4.02. The molecule has 1 N–H and O–H groups in total. The monoisotopic (exact) mass is 224 g/mol. The van der Waals surface area contributed by atoms with Gasteiger partial charge in [0.2, 0.25) is 0 Å². The van der Waals surface area contributed by atoms with Gasteiger partial charge in [-0.2, -0.15) is 0 Å². The van der Waals surface area contributed by atoms with E-state index in [4.69, 9.17) is 0 Å². The zero-order valence-corrected chi connectivity index (χ0v) is 8.56. The highest BCUT2D eigenvalue weighted by atomic mass is 19.1. The predicted molar refractivity (Wildman–Crippen MR) is 53.6 cm³/mol. The lowest BCUT2D eigenvalue weighted by molar-refractivity contribution is 0.195. The van der Waals surface area contributed by atoms with E-state index in [0.29, 0.717) is 0 Å². The molecule has 0 spiro atoms. The number of halogens is 2. The summed E-state index contributed by atoms with van der Waals surface area (Å²) in [5.41, 5.74) is -0.378. The first-order valence-electron chi connectivity index (χ1n) is 4.70. The van der Waals surface area contributed by atoms with E-state index in [1.165, 1.54) is 16.8 Å². The second-order valence-corrected chi connectivity index (χ2v) is 3.43. The highest BCUT2D eigenvalue weighted by molar-refractivity contribution is 5.26. The molecule has 5 heteroatoms. The zero-order valence-electron chi connectivity index (χ0n) is 8.56. The van der Waals surface area contributed by atoms with E-state index >= 15 is 0 Å². The average Bonchev–Trinajstić information content (AvgIpc) is 2.64. The van der Waals surface area contributed by atoms with Crippen LogP contribution in [0.2, 0.25) is 0 Å². The second-order valence-electron chi connectivity index (χ2n) is 3.43. The first kappa shape index (κ1) is 10.8. The van der Waals surface area contributed by atoms with E-state index in [1.807, 2.05) is 0 Å². The van der Waals surface area contributed by atoms with Gasteiger partial charge in [-0.05, 0) is 12.1 Å². The third kappa shape index (κ3) is 1.69. The molecule has 0 aliphatic carbocycles. The molecule has 0 amide bonds. The molecule has 1 heterocycles. The summed E-state index contributed by atoms with van der Waals surface area (Å²) in [6.45, 7) is 0. The number of aliphatic hydroxyl groups is 1. The van der Waals surface area contributed by atoms with Crippen LogP contribution in [0.5, 0.6) is 0 Å². The Hall–Kier alpha value is -1.75. The van der Waals surface area contributed by atoms with Gasteiger partial charge in [0.25, 0.3) is 0 Å². The van der Waals surface area contributed by atoms with Crippen LogP contribution in [0.15, 0.2) is 30.6 Å². The summed E-state index contributed by atoms with van der Waals surface area (Å²) in [6, 6.07) is 3.45. The smallest absolute Gasteiger partial charge is 0.142 e. The van der Waals surface area contributed by atoms with Crippen LogP contribution in [0.25, 0.3) is 0 Å². The maximum atomic E-state index is 13.4. The standard InChI is InChI=1S/C11H10F2N2O/c1-15-6-5-14-11(15)10(16)9-7(12)3-2-4-8(9)13/h2-6,10,16H,1H3. The molecular formula is C11H10F2N2O. The van der Waals surface area contributed by atoms with Crippen LogP contribution in [0.4, 0.5) is 8.78 Å². The fourth-order valence-corrected chi connectivity index (χ4v) is 1.54. The molecule has 3 nitrogen and oxygen atoms in total. The first-order valence-corrected chi connectivity index (χ1v) is 4.70. The largest absolute Gasteiger partial charge is 0.380 e. The number of imidazole rings is 1. The number of aromatic nitrogens is 2. The molecule has 1 aromatic carbocycles. The summed E-state index contributed by atoms with van der Waals surface area (Å²) in [5, 5.41) is 9.86. The maximum absolute atomic E-state index is 13.4. The summed E-state index contributed by atoms with van der Waals surface area (Å²) in [6.07, 6.45) is 1.65. The first-order chi connectivity index (χ1) is 7.61. The SMILES string of the molecule is Cn1ccnc1C(O)c1c(F)cccc1F. The minimum absolute atomic E-state index is 0.198. The molecule has 0 aliphatic rings. The topological polar surface area (TPSA) is 38.0 Å².